The fraction of sp³-hybridized carbons (Fsp3) is 0.118. The molecule has 6 aromatic rings. The van der Waals surface area contributed by atoms with Crippen LogP contribution in [0.2, 0.25) is 10.0 Å². The maximum atomic E-state index is 12.5. The molecular weight excluding hydrogens is 753 g/mol. The molecule has 17 heteroatoms. The van der Waals surface area contributed by atoms with E-state index >= 15 is 0 Å². The van der Waals surface area contributed by atoms with Gasteiger partial charge in [-0.1, -0.05) is 82.2 Å². The molecule has 1 radical (unpaired) electrons. The Kier molecular flexibility index (Phi) is 16.9. The number of halogens is 2. The number of hydrogen-bond acceptors (Lipinski definition) is 10. The molecular formula is C34H27Cl2CrN8Na2O4+2. The fourth-order valence-corrected chi connectivity index (χ4v) is 5.03. The Labute approximate surface area is 360 Å². The van der Waals surface area contributed by atoms with Crippen molar-refractivity contribution in [2.45, 2.75) is 27.7 Å². The molecule has 12 nitrogen and oxygen atoms in total. The predicted molar refractivity (Wildman–Crippen MR) is 176 cm³/mol. The van der Waals surface area contributed by atoms with E-state index in [1.807, 2.05) is 36.4 Å². The summed E-state index contributed by atoms with van der Waals surface area (Å²) in [5.74, 6) is -1.34. The quantitative estimate of drug-likeness (QED) is 0.183. The van der Waals surface area contributed by atoms with Gasteiger partial charge in [0.2, 0.25) is 0 Å². The van der Waals surface area contributed by atoms with Crippen LogP contribution in [0.3, 0.4) is 0 Å². The van der Waals surface area contributed by atoms with Crippen LogP contribution < -0.4 is 79.5 Å². The normalized spacial score (nSPS) is 10.6. The molecule has 2 heterocycles. The van der Waals surface area contributed by atoms with Crippen molar-refractivity contribution < 1.29 is 98.3 Å². The molecule has 0 aliphatic rings. The zero-order valence-corrected chi connectivity index (χ0v) is 35.2. The van der Waals surface area contributed by atoms with Crippen molar-refractivity contribution in [2.75, 3.05) is 0 Å². The number of aromatic nitrogens is 4. The Morgan fingerprint density at radius 2 is 0.882 bits per heavy atom. The van der Waals surface area contributed by atoms with Gasteiger partial charge in [-0.15, -0.1) is 10.2 Å². The van der Waals surface area contributed by atoms with Gasteiger partial charge < -0.3 is 20.4 Å². The summed E-state index contributed by atoms with van der Waals surface area (Å²) in [5.41, 5.74) is 3.43. The van der Waals surface area contributed by atoms with Crippen LogP contribution in [0, 0.1) is 27.7 Å². The molecule has 4 aromatic carbocycles. The van der Waals surface area contributed by atoms with Crippen molar-refractivity contribution in [3.05, 3.63) is 117 Å². The number of azo groups is 2. The van der Waals surface area contributed by atoms with Crippen LogP contribution in [-0.2, 0) is 17.4 Å². The van der Waals surface area contributed by atoms with E-state index in [9.17, 15) is 20.4 Å². The van der Waals surface area contributed by atoms with Crippen LogP contribution >= 0.6 is 23.2 Å². The Hall–Kier alpha value is -3.19. The third-order valence-electron chi connectivity index (χ3n) is 6.93. The first-order valence-corrected chi connectivity index (χ1v) is 15.1. The second-order valence-electron chi connectivity index (χ2n) is 10.5. The first-order valence-electron chi connectivity index (χ1n) is 14.4. The van der Waals surface area contributed by atoms with E-state index in [4.69, 9.17) is 23.2 Å². The van der Waals surface area contributed by atoms with E-state index in [1.165, 1.54) is 21.5 Å². The van der Waals surface area contributed by atoms with Crippen molar-refractivity contribution >= 4 is 46.0 Å². The summed E-state index contributed by atoms with van der Waals surface area (Å²) >= 11 is 11.9. The third-order valence-corrected chi connectivity index (χ3v) is 7.37. The summed E-state index contributed by atoms with van der Waals surface area (Å²) in [6, 6.07) is 24.0. The number of rotatable bonds is 6. The number of aryl methyl sites for hydroxylation is 4. The topological polar surface area (TPSA) is 177 Å². The molecule has 0 fully saturated rings. The summed E-state index contributed by atoms with van der Waals surface area (Å²) in [7, 11) is 0. The molecule has 2 aromatic heterocycles. The number of benzene rings is 4. The standard InChI is InChI=1S/2C17H15ClN4O2.Cr.2Na/c2*1-10-8-12(18)9-14(16(10)23)19-20-15-11(2)21-22(17(15)24)13-6-4-3-5-7-13;;;/h2*3-9,23-24H,1-2H3;;;/q;;+3;2*+1/p-3. The maximum Gasteiger partial charge on any atom is 3.00 e. The van der Waals surface area contributed by atoms with Gasteiger partial charge >= 0.3 is 77.9 Å². The van der Waals surface area contributed by atoms with Gasteiger partial charge in [-0.25, -0.2) is 9.36 Å². The number of hydrogen-bond donors (Lipinski definition) is 0. The molecule has 0 saturated carbocycles. The SMILES string of the molecule is Cc1cc(Cl)cc(N=Nc2c(C)nn(-c3ccccc3)c2[O-])c1[O-].Cc1cc(Cl)cc(N=Nc2c(C)nn(-c3ccccc3)c2[O-])c1[O-].[Cr+3].[H+].[Na+].[Na+]. The molecule has 0 saturated heterocycles. The minimum absolute atomic E-state index is 0. The zero-order valence-electron chi connectivity index (χ0n) is 29.5. The largest absolute Gasteiger partial charge is 3.00 e. The summed E-state index contributed by atoms with van der Waals surface area (Å²) in [6.45, 7) is 6.61. The molecule has 0 unspecified atom stereocenters. The van der Waals surface area contributed by atoms with Crippen molar-refractivity contribution in [3.8, 4) is 34.6 Å². The molecule has 0 atom stereocenters. The molecule has 0 N–H and O–H groups in total. The van der Waals surface area contributed by atoms with Gasteiger partial charge in [-0.3, -0.25) is 0 Å². The Morgan fingerprint density at radius 3 is 1.22 bits per heavy atom. The number of para-hydroxylation sites is 2. The van der Waals surface area contributed by atoms with Crippen molar-refractivity contribution in [3.63, 3.8) is 0 Å². The van der Waals surface area contributed by atoms with Crippen LogP contribution in [0.5, 0.6) is 23.3 Å². The fourth-order valence-electron chi connectivity index (χ4n) is 4.50. The van der Waals surface area contributed by atoms with Gasteiger partial charge in [-0.2, -0.15) is 20.4 Å². The van der Waals surface area contributed by atoms with E-state index < -0.39 is 11.8 Å². The average molecular weight is 781 g/mol. The van der Waals surface area contributed by atoms with Crippen LogP contribution in [0.1, 0.15) is 23.9 Å². The van der Waals surface area contributed by atoms with E-state index in [0.717, 1.165) is 0 Å². The number of nitrogens with zero attached hydrogens (tertiary/aromatic N) is 8. The second kappa shape index (κ2) is 19.6. The van der Waals surface area contributed by atoms with Crippen molar-refractivity contribution in [2.24, 2.45) is 20.5 Å². The summed E-state index contributed by atoms with van der Waals surface area (Å²) in [6.07, 6.45) is 0. The minimum Gasteiger partial charge on any atom is -0.871 e. The van der Waals surface area contributed by atoms with E-state index in [-0.39, 0.29) is 112 Å². The van der Waals surface area contributed by atoms with Gasteiger partial charge in [0.05, 0.1) is 34.1 Å². The molecule has 51 heavy (non-hydrogen) atoms. The van der Waals surface area contributed by atoms with Gasteiger partial charge in [0.15, 0.2) is 0 Å². The molecule has 0 aliphatic heterocycles. The van der Waals surface area contributed by atoms with Crippen molar-refractivity contribution in [1.29, 1.82) is 0 Å². The van der Waals surface area contributed by atoms with Crippen LogP contribution in [0.15, 0.2) is 105 Å². The Morgan fingerprint density at radius 1 is 0.549 bits per heavy atom. The van der Waals surface area contributed by atoms with E-state index in [2.05, 4.69) is 30.7 Å². The molecule has 0 amide bonds. The van der Waals surface area contributed by atoms with Crippen molar-refractivity contribution in [1.82, 2.24) is 19.6 Å². The van der Waals surface area contributed by atoms with Gasteiger partial charge in [0, 0.05) is 21.8 Å². The monoisotopic (exact) mass is 779 g/mol. The third kappa shape index (κ3) is 10.5. The molecule has 247 valence electrons. The smallest absolute Gasteiger partial charge is 0.871 e. The Balaban J connectivity index is 0.000000483. The van der Waals surface area contributed by atoms with Gasteiger partial charge in [0.25, 0.3) is 0 Å². The van der Waals surface area contributed by atoms with Crippen LogP contribution in [-0.4, -0.2) is 19.6 Å². The second-order valence-corrected chi connectivity index (χ2v) is 11.4. The summed E-state index contributed by atoms with van der Waals surface area (Å²) in [5, 5.41) is 73.8. The summed E-state index contributed by atoms with van der Waals surface area (Å²) in [4.78, 5) is 0. The van der Waals surface area contributed by atoms with E-state index in [1.54, 1.807) is 64.1 Å². The minimum atomic E-state index is -0.395. The van der Waals surface area contributed by atoms with Crippen LogP contribution in [0.4, 0.5) is 22.7 Å². The first kappa shape index (κ1) is 44.0. The first-order chi connectivity index (χ1) is 22.9. The van der Waals surface area contributed by atoms with E-state index in [0.29, 0.717) is 43.9 Å². The molecule has 0 aliphatic carbocycles. The maximum absolute atomic E-state index is 12.5. The average Bonchev–Trinajstić information content (AvgIpc) is 3.52. The van der Waals surface area contributed by atoms with Crippen LogP contribution in [0.25, 0.3) is 11.4 Å². The predicted octanol–water partition coefficient (Wildman–Crippen LogP) is 1.53. The molecule has 6 rings (SSSR count). The zero-order chi connectivity index (χ0) is 34.5. The van der Waals surface area contributed by atoms with Gasteiger partial charge in [0.1, 0.15) is 11.4 Å². The molecule has 0 bridgehead atoms. The molecule has 0 spiro atoms. The summed E-state index contributed by atoms with van der Waals surface area (Å²) < 4.78 is 2.51. The van der Waals surface area contributed by atoms with Gasteiger partial charge in [-0.05, 0) is 76.2 Å². The Bertz CT molecular complexity index is 2020.